The summed E-state index contributed by atoms with van der Waals surface area (Å²) in [6, 6.07) is 13.9. The monoisotopic (exact) mass is 494 g/mol. The van der Waals surface area contributed by atoms with Crippen molar-refractivity contribution in [3.63, 3.8) is 0 Å². The second-order valence-corrected chi connectivity index (χ2v) is 8.09. The molecule has 0 bridgehead atoms. The third-order valence-corrected chi connectivity index (χ3v) is 5.61. The van der Waals surface area contributed by atoms with Crippen LogP contribution in [-0.2, 0) is 0 Å². The fourth-order valence-electron chi connectivity index (χ4n) is 4.00. The van der Waals surface area contributed by atoms with Crippen molar-refractivity contribution in [1.82, 2.24) is 29.7 Å². The Labute approximate surface area is 211 Å². The number of nitrogens with one attached hydrogen (secondary N) is 1. The van der Waals surface area contributed by atoms with E-state index in [1.165, 1.54) is 10.9 Å². The first-order valence-electron chi connectivity index (χ1n) is 11.4. The first kappa shape index (κ1) is 23.7. The third-order valence-electron chi connectivity index (χ3n) is 5.61. The molecule has 1 atom stereocenters. The summed E-state index contributed by atoms with van der Waals surface area (Å²) in [5.74, 6) is 7.04. The molecular weight excluding hydrogens is 472 g/mol. The zero-order valence-corrected chi connectivity index (χ0v) is 20.0. The quantitative estimate of drug-likeness (QED) is 0.310. The summed E-state index contributed by atoms with van der Waals surface area (Å²) in [4.78, 5) is 31.4. The van der Waals surface area contributed by atoms with E-state index < -0.39 is 6.04 Å². The Hall–Kier alpha value is -5.08. The lowest BCUT2D eigenvalue weighted by molar-refractivity contribution is 0.350. The molecule has 11 heteroatoms. The molecule has 0 aliphatic rings. The van der Waals surface area contributed by atoms with Gasteiger partial charge in [-0.3, -0.25) is 9.36 Å². The first-order valence-corrected chi connectivity index (χ1v) is 11.4. The molecule has 3 aromatic heterocycles. The molecule has 0 aliphatic carbocycles. The van der Waals surface area contributed by atoms with Crippen LogP contribution in [0.25, 0.3) is 28.0 Å². The minimum absolute atomic E-state index is 0.171. The maximum absolute atomic E-state index is 13.9. The van der Waals surface area contributed by atoms with Gasteiger partial charge in [-0.05, 0) is 31.2 Å². The molecule has 2 aromatic carbocycles. The molecule has 11 nitrogen and oxygen atoms in total. The maximum Gasteiger partial charge on any atom is 0.267 e. The van der Waals surface area contributed by atoms with Crippen LogP contribution >= 0.6 is 0 Å². The van der Waals surface area contributed by atoms with E-state index in [0.29, 0.717) is 45.3 Å². The minimum Gasteiger partial charge on any atom is -0.384 e. The van der Waals surface area contributed by atoms with E-state index in [1.54, 1.807) is 25.1 Å². The van der Waals surface area contributed by atoms with Gasteiger partial charge >= 0.3 is 0 Å². The molecule has 5 rings (SSSR count). The number of rotatable bonds is 5. The normalized spacial score (nSPS) is 11.6. The van der Waals surface area contributed by atoms with Crippen LogP contribution in [0.15, 0.2) is 64.2 Å². The highest BCUT2D eigenvalue weighted by Gasteiger charge is 2.23. The number of aromatic nitrogens is 6. The van der Waals surface area contributed by atoms with Gasteiger partial charge in [0.2, 0.25) is 11.7 Å². The number of nitrogens with zero attached hydrogens (tertiary/aromatic N) is 6. The van der Waals surface area contributed by atoms with Crippen molar-refractivity contribution < 1.29 is 9.63 Å². The van der Waals surface area contributed by atoms with Gasteiger partial charge in [-0.25, -0.2) is 15.0 Å². The zero-order valence-electron chi connectivity index (χ0n) is 20.0. The van der Waals surface area contributed by atoms with Gasteiger partial charge in [-0.2, -0.15) is 4.98 Å². The topological polar surface area (TPSA) is 158 Å². The van der Waals surface area contributed by atoms with Crippen LogP contribution in [0.3, 0.4) is 0 Å². The average molecular weight is 495 g/mol. The summed E-state index contributed by atoms with van der Waals surface area (Å²) in [5.41, 5.74) is 7.81. The SMILES string of the molecule is Cc1nc(-c2c(N)ncnc2NC(C)c2nc3cccc(C#CCO)c3c(=O)n2-c2ccccc2)no1. The number of aliphatic hydroxyl groups excluding tert-OH is 1. The lowest BCUT2D eigenvalue weighted by atomic mass is 10.1. The fraction of sp³-hybridized carbons (Fsp3) is 0.154. The summed E-state index contributed by atoms with van der Waals surface area (Å²) in [6.07, 6.45) is 1.32. The van der Waals surface area contributed by atoms with E-state index >= 15 is 0 Å². The van der Waals surface area contributed by atoms with Crippen molar-refractivity contribution in [2.24, 2.45) is 0 Å². The average Bonchev–Trinajstić information content (AvgIpc) is 3.33. The van der Waals surface area contributed by atoms with Gasteiger partial charge < -0.3 is 20.7 Å². The van der Waals surface area contributed by atoms with Crippen molar-refractivity contribution in [3.05, 3.63) is 82.5 Å². The first-order chi connectivity index (χ1) is 18.0. The van der Waals surface area contributed by atoms with Gasteiger partial charge in [0.25, 0.3) is 5.56 Å². The van der Waals surface area contributed by atoms with Gasteiger partial charge in [-0.1, -0.05) is 41.3 Å². The molecule has 0 amide bonds. The molecule has 0 aliphatic heterocycles. The number of anilines is 2. The number of aryl methyl sites for hydroxylation is 1. The molecule has 3 heterocycles. The van der Waals surface area contributed by atoms with E-state index in [1.807, 2.05) is 37.3 Å². The molecule has 0 saturated carbocycles. The summed E-state index contributed by atoms with van der Waals surface area (Å²) < 4.78 is 6.65. The van der Waals surface area contributed by atoms with E-state index in [2.05, 4.69) is 37.3 Å². The molecule has 0 fully saturated rings. The number of aliphatic hydroxyl groups is 1. The van der Waals surface area contributed by atoms with Gasteiger partial charge in [0, 0.05) is 12.5 Å². The second kappa shape index (κ2) is 9.88. The van der Waals surface area contributed by atoms with Gasteiger partial charge in [0.15, 0.2) is 0 Å². The van der Waals surface area contributed by atoms with Crippen LogP contribution in [0.1, 0.15) is 30.2 Å². The highest BCUT2D eigenvalue weighted by molar-refractivity contribution is 5.85. The Morgan fingerprint density at radius 1 is 1.14 bits per heavy atom. The van der Waals surface area contributed by atoms with Crippen molar-refractivity contribution in [2.75, 3.05) is 17.7 Å². The van der Waals surface area contributed by atoms with Crippen molar-refractivity contribution in [2.45, 2.75) is 19.9 Å². The van der Waals surface area contributed by atoms with E-state index in [0.717, 1.165) is 0 Å². The molecule has 1 unspecified atom stereocenters. The number of nitrogens with two attached hydrogens (primary N) is 1. The molecule has 4 N–H and O–H groups in total. The Morgan fingerprint density at radius 3 is 2.68 bits per heavy atom. The van der Waals surface area contributed by atoms with Gasteiger partial charge in [-0.15, -0.1) is 0 Å². The van der Waals surface area contributed by atoms with Crippen LogP contribution < -0.4 is 16.6 Å². The summed E-state index contributed by atoms with van der Waals surface area (Å²) in [5, 5.41) is 16.8. The number of fused-ring (bicyclic) bond motifs is 1. The number of benzene rings is 2. The van der Waals surface area contributed by atoms with E-state index in [-0.39, 0.29) is 23.8 Å². The molecule has 184 valence electrons. The fourth-order valence-corrected chi connectivity index (χ4v) is 4.00. The third kappa shape index (κ3) is 4.49. The lowest BCUT2D eigenvalue weighted by Crippen LogP contribution is -2.28. The molecular formula is C26H22N8O3. The lowest BCUT2D eigenvalue weighted by Gasteiger charge is -2.21. The summed E-state index contributed by atoms with van der Waals surface area (Å²) in [6.45, 7) is 3.20. The van der Waals surface area contributed by atoms with Crippen molar-refractivity contribution in [3.8, 4) is 28.9 Å². The van der Waals surface area contributed by atoms with E-state index in [4.69, 9.17) is 20.3 Å². The Morgan fingerprint density at radius 2 is 1.95 bits per heavy atom. The van der Waals surface area contributed by atoms with E-state index in [9.17, 15) is 4.79 Å². The molecule has 5 aromatic rings. The van der Waals surface area contributed by atoms with Crippen molar-refractivity contribution >= 4 is 22.5 Å². The number of nitrogen functional groups attached to an aromatic ring is 1. The van der Waals surface area contributed by atoms with Gasteiger partial charge in [0.05, 0.1) is 22.6 Å². The maximum atomic E-state index is 13.9. The zero-order chi connectivity index (χ0) is 25.9. The molecule has 0 spiro atoms. The standard InChI is InChI=1S/C26H22N8O3/c1-15(30-23-21(22(27)28-14-29-23)24-31-16(2)37-33-24)25-32-19-12-6-8-17(9-7-13-35)20(19)26(36)34(25)18-10-4-3-5-11-18/h3-6,8,10-12,14-15,35H,13H2,1-2H3,(H3,27,28,29,30). The minimum atomic E-state index is -0.523. The number of hydrogen-bond acceptors (Lipinski definition) is 10. The largest absolute Gasteiger partial charge is 0.384 e. The molecule has 0 radical (unpaired) electrons. The highest BCUT2D eigenvalue weighted by atomic mass is 16.5. The highest BCUT2D eigenvalue weighted by Crippen LogP contribution is 2.31. The Balaban J connectivity index is 1.69. The Bertz CT molecular complexity index is 1720. The van der Waals surface area contributed by atoms with Crippen molar-refractivity contribution in [1.29, 1.82) is 0 Å². The van der Waals surface area contributed by atoms with Crippen LogP contribution in [0.5, 0.6) is 0 Å². The smallest absolute Gasteiger partial charge is 0.267 e. The van der Waals surface area contributed by atoms with Crippen LogP contribution in [0.2, 0.25) is 0 Å². The predicted octanol–water partition coefficient (Wildman–Crippen LogP) is 2.63. The van der Waals surface area contributed by atoms with Gasteiger partial charge in [0.1, 0.15) is 36.0 Å². The second-order valence-electron chi connectivity index (χ2n) is 8.09. The van der Waals surface area contributed by atoms with Crippen LogP contribution in [-0.4, -0.2) is 41.4 Å². The number of hydrogen-bond donors (Lipinski definition) is 3. The molecule has 37 heavy (non-hydrogen) atoms. The van der Waals surface area contributed by atoms with Crippen LogP contribution in [0.4, 0.5) is 11.6 Å². The van der Waals surface area contributed by atoms with Crippen LogP contribution in [0, 0.1) is 18.8 Å². The molecule has 0 saturated heterocycles. The summed E-state index contributed by atoms with van der Waals surface area (Å²) in [7, 11) is 0. The number of para-hydroxylation sites is 1. The Kier molecular flexibility index (Phi) is 6.32. The summed E-state index contributed by atoms with van der Waals surface area (Å²) >= 11 is 0. The predicted molar refractivity (Wildman–Crippen MR) is 138 cm³/mol.